The van der Waals surface area contributed by atoms with Crippen molar-refractivity contribution in [2.45, 2.75) is 18.9 Å². The maximum Gasteiger partial charge on any atom is 0.326 e. The average Bonchev–Trinajstić information content (AvgIpc) is 2.90. The highest BCUT2D eigenvalue weighted by Gasteiger charge is 2.22. The number of amides is 1. The lowest BCUT2D eigenvalue weighted by atomic mass is 10.1. The van der Waals surface area contributed by atoms with E-state index in [9.17, 15) is 14.7 Å². The van der Waals surface area contributed by atoms with Gasteiger partial charge in [0.05, 0.1) is 5.02 Å². The van der Waals surface area contributed by atoms with E-state index in [2.05, 4.69) is 5.32 Å². The van der Waals surface area contributed by atoms with Crippen LogP contribution in [0.25, 0.3) is 0 Å². The molecule has 0 aliphatic heterocycles. The van der Waals surface area contributed by atoms with Crippen LogP contribution in [-0.4, -0.2) is 23.0 Å². The summed E-state index contributed by atoms with van der Waals surface area (Å²) in [5, 5.41) is 13.8. The fourth-order valence-corrected chi connectivity index (χ4v) is 2.94. The van der Waals surface area contributed by atoms with Crippen LogP contribution in [0.1, 0.15) is 21.7 Å². The molecular weight excluding hydrogens is 310 g/mol. The maximum atomic E-state index is 12.0. The smallest absolute Gasteiger partial charge is 0.326 e. The number of nitrogens with one attached hydrogen (secondary N) is 1. The second kappa shape index (κ2) is 7.24. The van der Waals surface area contributed by atoms with Crippen LogP contribution in [0.15, 0.2) is 41.8 Å². The van der Waals surface area contributed by atoms with Crippen molar-refractivity contribution in [2.75, 3.05) is 0 Å². The van der Waals surface area contributed by atoms with Gasteiger partial charge in [0.2, 0.25) is 0 Å². The molecule has 1 amide bonds. The molecule has 110 valence electrons. The van der Waals surface area contributed by atoms with Crippen molar-refractivity contribution in [3.8, 4) is 0 Å². The van der Waals surface area contributed by atoms with E-state index in [0.717, 1.165) is 5.56 Å². The normalized spacial score (nSPS) is 11.9. The van der Waals surface area contributed by atoms with Gasteiger partial charge in [0, 0.05) is 0 Å². The van der Waals surface area contributed by atoms with Crippen LogP contribution >= 0.6 is 22.9 Å². The van der Waals surface area contributed by atoms with Gasteiger partial charge in [-0.3, -0.25) is 4.79 Å². The Hall–Kier alpha value is -1.85. The highest BCUT2D eigenvalue weighted by molar-refractivity contribution is 7.12. The van der Waals surface area contributed by atoms with Gasteiger partial charge in [0.1, 0.15) is 10.9 Å². The van der Waals surface area contributed by atoms with E-state index in [1.807, 2.05) is 30.3 Å². The minimum absolute atomic E-state index is 0.327. The Morgan fingerprint density at radius 2 is 1.95 bits per heavy atom. The number of hydrogen-bond donors (Lipinski definition) is 2. The van der Waals surface area contributed by atoms with Gasteiger partial charge < -0.3 is 10.4 Å². The van der Waals surface area contributed by atoms with Gasteiger partial charge in [-0.15, -0.1) is 11.3 Å². The van der Waals surface area contributed by atoms with Crippen LogP contribution in [0.2, 0.25) is 5.02 Å². The quantitative estimate of drug-likeness (QED) is 0.857. The largest absolute Gasteiger partial charge is 0.480 e. The molecule has 4 nitrogen and oxygen atoms in total. The van der Waals surface area contributed by atoms with E-state index in [0.29, 0.717) is 22.7 Å². The van der Waals surface area contributed by atoms with Crippen molar-refractivity contribution in [3.05, 3.63) is 57.2 Å². The third-order valence-corrected chi connectivity index (χ3v) is 4.33. The zero-order valence-electron chi connectivity index (χ0n) is 11.1. The molecule has 0 aliphatic rings. The summed E-state index contributed by atoms with van der Waals surface area (Å²) >= 11 is 7.06. The fourth-order valence-electron chi connectivity index (χ4n) is 1.89. The first-order valence-corrected chi connectivity index (χ1v) is 7.64. The topological polar surface area (TPSA) is 66.4 Å². The molecule has 0 bridgehead atoms. The Labute approximate surface area is 131 Å². The van der Waals surface area contributed by atoms with Crippen molar-refractivity contribution in [2.24, 2.45) is 0 Å². The summed E-state index contributed by atoms with van der Waals surface area (Å²) in [4.78, 5) is 23.6. The van der Waals surface area contributed by atoms with E-state index in [1.54, 1.807) is 11.4 Å². The van der Waals surface area contributed by atoms with Gasteiger partial charge in [-0.05, 0) is 29.9 Å². The van der Waals surface area contributed by atoms with Crippen LogP contribution in [0.3, 0.4) is 0 Å². The summed E-state index contributed by atoms with van der Waals surface area (Å²) in [6.45, 7) is 0. The second-order valence-electron chi connectivity index (χ2n) is 4.49. The highest BCUT2D eigenvalue weighted by Crippen LogP contribution is 2.22. The number of aryl methyl sites for hydroxylation is 1. The van der Waals surface area contributed by atoms with Crippen LogP contribution in [0.4, 0.5) is 0 Å². The third kappa shape index (κ3) is 4.31. The van der Waals surface area contributed by atoms with E-state index in [-0.39, 0.29) is 0 Å². The zero-order valence-corrected chi connectivity index (χ0v) is 12.7. The van der Waals surface area contributed by atoms with Gasteiger partial charge in [-0.25, -0.2) is 4.79 Å². The van der Waals surface area contributed by atoms with Gasteiger partial charge in [0.25, 0.3) is 5.91 Å². The third-order valence-electron chi connectivity index (χ3n) is 2.99. The first-order chi connectivity index (χ1) is 10.1. The number of rotatable bonds is 6. The molecule has 0 saturated carbocycles. The molecule has 2 rings (SSSR count). The lowest BCUT2D eigenvalue weighted by Gasteiger charge is -2.14. The van der Waals surface area contributed by atoms with E-state index >= 15 is 0 Å². The maximum absolute atomic E-state index is 12.0. The molecule has 0 radical (unpaired) electrons. The predicted octanol–water partition coefficient (Wildman–Crippen LogP) is 3.22. The van der Waals surface area contributed by atoms with Crippen molar-refractivity contribution in [3.63, 3.8) is 0 Å². The molecule has 1 heterocycles. The van der Waals surface area contributed by atoms with Crippen LogP contribution in [0.5, 0.6) is 0 Å². The number of aliphatic carboxylic acids is 1. The summed E-state index contributed by atoms with van der Waals surface area (Å²) in [7, 11) is 0. The molecule has 21 heavy (non-hydrogen) atoms. The molecule has 0 spiro atoms. The molecule has 0 aliphatic carbocycles. The number of benzene rings is 1. The first-order valence-electron chi connectivity index (χ1n) is 6.38. The van der Waals surface area contributed by atoms with Gasteiger partial charge in [-0.1, -0.05) is 41.9 Å². The summed E-state index contributed by atoms with van der Waals surface area (Å²) in [6.07, 6.45) is 0.907. The Kier molecular flexibility index (Phi) is 5.36. The Balaban J connectivity index is 1.98. The fraction of sp³-hybridized carbons (Fsp3) is 0.200. The number of carboxylic acids is 1. The van der Waals surface area contributed by atoms with Crippen molar-refractivity contribution in [1.29, 1.82) is 0 Å². The number of thiophene rings is 1. The molecule has 6 heteroatoms. The number of hydrogen-bond acceptors (Lipinski definition) is 3. The van der Waals surface area contributed by atoms with Crippen LogP contribution in [-0.2, 0) is 11.2 Å². The highest BCUT2D eigenvalue weighted by atomic mass is 35.5. The first kappa shape index (κ1) is 15.5. The molecule has 0 unspecified atom stereocenters. The number of carbonyl (C=O) groups is 2. The zero-order chi connectivity index (χ0) is 15.2. The number of carbonyl (C=O) groups excluding carboxylic acids is 1. The lowest BCUT2D eigenvalue weighted by molar-refractivity contribution is -0.139. The molecule has 1 aromatic carbocycles. The monoisotopic (exact) mass is 323 g/mol. The minimum atomic E-state index is -1.05. The summed E-state index contributed by atoms with van der Waals surface area (Å²) in [6, 6.07) is 10.2. The molecular formula is C15H14ClNO3S. The SMILES string of the molecule is O=C(N[C@@H](CCc1ccccc1)C(=O)O)c1sccc1Cl. The van der Waals surface area contributed by atoms with Gasteiger partial charge in [-0.2, -0.15) is 0 Å². The predicted molar refractivity (Wildman–Crippen MR) is 83.0 cm³/mol. The number of halogens is 1. The molecule has 2 aromatic rings. The van der Waals surface area contributed by atoms with E-state index in [1.165, 1.54) is 11.3 Å². The number of carboxylic acid groups (broad SMARTS) is 1. The van der Waals surface area contributed by atoms with E-state index < -0.39 is 17.9 Å². The van der Waals surface area contributed by atoms with Crippen LogP contribution in [0, 0.1) is 0 Å². The summed E-state index contributed by atoms with van der Waals surface area (Å²) < 4.78 is 0. The Bertz CT molecular complexity index is 627. The standard InChI is InChI=1S/C15H14ClNO3S/c16-11-8-9-21-13(11)14(18)17-12(15(19)20)7-6-10-4-2-1-3-5-10/h1-5,8-9,12H,6-7H2,(H,17,18)(H,19,20)/t12-/m0/s1. The molecule has 2 N–H and O–H groups in total. The molecule has 0 fully saturated rings. The van der Waals surface area contributed by atoms with Gasteiger partial charge >= 0.3 is 5.97 Å². The van der Waals surface area contributed by atoms with E-state index in [4.69, 9.17) is 11.6 Å². The average molecular weight is 324 g/mol. The van der Waals surface area contributed by atoms with Crippen LogP contribution < -0.4 is 5.32 Å². The Morgan fingerprint density at radius 3 is 2.52 bits per heavy atom. The molecule has 0 saturated heterocycles. The van der Waals surface area contributed by atoms with Crippen molar-refractivity contribution >= 4 is 34.8 Å². The minimum Gasteiger partial charge on any atom is -0.480 e. The van der Waals surface area contributed by atoms with Gasteiger partial charge in [0.15, 0.2) is 0 Å². The summed E-state index contributed by atoms with van der Waals surface area (Å²) in [5.74, 6) is -1.50. The molecule has 1 atom stereocenters. The lowest BCUT2D eigenvalue weighted by Crippen LogP contribution is -2.40. The molecule has 1 aromatic heterocycles. The second-order valence-corrected chi connectivity index (χ2v) is 5.81. The van der Waals surface area contributed by atoms with Crippen molar-refractivity contribution < 1.29 is 14.7 Å². The Morgan fingerprint density at radius 1 is 1.24 bits per heavy atom. The summed E-state index contributed by atoms with van der Waals surface area (Å²) in [5.41, 5.74) is 1.03. The van der Waals surface area contributed by atoms with Crippen molar-refractivity contribution in [1.82, 2.24) is 5.32 Å².